The Morgan fingerprint density at radius 1 is 0.217 bits per heavy atom. The van der Waals surface area contributed by atoms with Gasteiger partial charge in [0.1, 0.15) is 0 Å². The molecule has 0 heteroatoms. The van der Waals surface area contributed by atoms with E-state index < -0.39 is 0 Å². The summed E-state index contributed by atoms with van der Waals surface area (Å²) < 4.78 is 0. The zero-order chi connectivity index (χ0) is 30.5. The van der Waals surface area contributed by atoms with Crippen LogP contribution in [0.4, 0.5) is 0 Å². The summed E-state index contributed by atoms with van der Waals surface area (Å²) in [6, 6.07) is 66.5. The average molecular weight is 583 g/mol. The molecule has 0 aromatic heterocycles. The SMILES string of the molecule is c1ccc(-c2ccc(-c3cccc4ccccc34)c3ccc(-c4c5ccccc5c(-c5ccccc5)c5ccccc45)cc23)cc1. The van der Waals surface area contributed by atoms with Crippen molar-refractivity contribution in [3.05, 3.63) is 182 Å². The van der Waals surface area contributed by atoms with Gasteiger partial charge in [-0.2, -0.15) is 0 Å². The first-order valence-electron chi connectivity index (χ1n) is 15.9. The first-order chi connectivity index (χ1) is 22.8. The number of hydrogen-bond acceptors (Lipinski definition) is 0. The third-order valence-electron chi connectivity index (χ3n) is 9.46. The van der Waals surface area contributed by atoms with Crippen LogP contribution >= 0.6 is 0 Å². The van der Waals surface area contributed by atoms with Crippen LogP contribution < -0.4 is 0 Å². The average Bonchev–Trinajstić information content (AvgIpc) is 3.13. The van der Waals surface area contributed by atoms with Gasteiger partial charge in [-0.25, -0.2) is 0 Å². The molecular weight excluding hydrogens is 553 g/mol. The van der Waals surface area contributed by atoms with Crippen LogP contribution in [0.2, 0.25) is 0 Å². The summed E-state index contributed by atoms with van der Waals surface area (Å²) in [7, 11) is 0. The van der Waals surface area contributed by atoms with E-state index >= 15 is 0 Å². The van der Waals surface area contributed by atoms with Crippen molar-refractivity contribution in [3.63, 3.8) is 0 Å². The third-order valence-corrected chi connectivity index (χ3v) is 9.46. The normalized spacial score (nSPS) is 11.5. The molecule has 0 bridgehead atoms. The molecule has 9 aromatic rings. The standard InChI is InChI=1S/C46H30/c1-3-14-31(15-4-1)36-28-29-38(37-25-13-19-32-16-7-8-20-35(32)37)39-27-26-34(30-44(36)39)46-42-23-11-9-21-40(42)45(33-17-5-2-6-18-33)41-22-10-12-24-43(41)46/h1-30H. The minimum absolute atomic E-state index is 1.23. The van der Waals surface area contributed by atoms with E-state index in [2.05, 4.69) is 182 Å². The second-order valence-electron chi connectivity index (χ2n) is 12.0. The van der Waals surface area contributed by atoms with Crippen LogP contribution in [0, 0.1) is 0 Å². The Hall–Kier alpha value is -5.98. The molecule has 0 aliphatic carbocycles. The van der Waals surface area contributed by atoms with Crippen LogP contribution in [0.15, 0.2) is 182 Å². The highest BCUT2D eigenvalue weighted by molar-refractivity contribution is 6.22. The molecule has 0 fully saturated rings. The first-order valence-corrected chi connectivity index (χ1v) is 15.9. The fourth-order valence-corrected chi connectivity index (χ4v) is 7.42. The molecule has 0 saturated carbocycles. The van der Waals surface area contributed by atoms with Crippen LogP contribution in [-0.2, 0) is 0 Å². The zero-order valence-corrected chi connectivity index (χ0v) is 25.3. The monoisotopic (exact) mass is 582 g/mol. The van der Waals surface area contributed by atoms with Gasteiger partial charge >= 0.3 is 0 Å². The molecule has 0 heterocycles. The van der Waals surface area contributed by atoms with E-state index in [0.717, 1.165) is 0 Å². The van der Waals surface area contributed by atoms with Gasteiger partial charge in [-0.05, 0) is 93.7 Å². The van der Waals surface area contributed by atoms with Crippen molar-refractivity contribution in [2.45, 2.75) is 0 Å². The number of hydrogen-bond donors (Lipinski definition) is 0. The Kier molecular flexibility index (Phi) is 6.25. The molecule has 214 valence electrons. The Labute approximate surface area is 268 Å². The second-order valence-corrected chi connectivity index (χ2v) is 12.0. The predicted octanol–water partition coefficient (Wildman–Crippen LogP) is 13.0. The van der Waals surface area contributed by atoms with Gasteiger partial charge in [0.25, 0.3) is 0 Å². The molecule has 0 unspecified atom stereocenters. The van der Waals surface area contributed by atoms with Gasteiger partial charge in [0.2, 0.25) is 0 Å². The maximum absolute atomic E-state index is 2.43. The van der Waals surface area contributed by atoms with Gasteiger partial charge in [0.05, 0.1) is 0 Å². The molecule has 0 spiro atoms. The van der Waals surface area contributed by atoms with E-state index in [-0.39, 0.29) is 0 Å². The number of fused-ring (bicyclic) bond motifs is 4. The Bertz CT molecular complexity index is 2500. The Balaban J connectivity index is 1.38. The van der Waals surface area contributed by atoms with Crippen molar-refractivity contribution < 1.29 is 0 Å². The van der Waals surface area contributed by atoms with E-state index in [4.69, 9.17) is 0 Å². The summed E-state index contributed by atoms with van der Waals surface area (Å²) in [5.41, 5.74) is 10.0. The highest BCUT2D eigenvalue weighted by Gasteiger charge is 2.18. The smallest absolute Gasteiger partial charge is 0.00261 e. The topological polar surface area (TPSA) is 0 Å². The van der Waals surface area contributed by atoms with Crippen molar-refractivity contribution in [3.8, 4) is 44.5 Å². The molecular formula is C46H30. The highest BCUT2D eigenvalue weighted by atomic mass is 14.2. The molecule has 0 nitrogen and oxygen atoms in total. The van der Waals surface area contributed by atoms with Gasteiger partial charge in [0, 0.05) is 0 Å². The third kappa shape index (κ3) is 4.23. The maximum atomic E-state index is 2.43. The van der Waals surface area contributed by atoms with Crippen LogP contribution in [0.5, 0.6) is 0 Å². The molecule has 9 aromatic carbocycles. The lowest BCUT2D eigenvalue weighted by Gasteiger charge is -2.19. The summed E-state index contributed by atoms with van der Waals surface area (Å²) in [6.07, 6.45) is 0. The molecule has 0 aliphatic heterocycles. The molecule has 0 radical (unpaired) electrons. The van der Waals surface area contributed by atoms with Gasteiger partial charge in [-0.3, -0.25) is 0 Å². The quantitative estimate of drug-likeness (QED) is 0.181. The maximum Gasteiger partial charge on any atom is -0.00261 e. The van der Waals surface area contributed by atoms with Crippen LogP contribution in [0.25, 0.3) is 87.6 Å². The van der Waals surface area contributed by atoms with Crippen molar-refractivity contribution >= 4 is 43.1 Å². The van der Waals surface area contributed by atoms with Crippen molar-refractivity contribution in [1.29, 1.82) is 0 Å². The van der Waals surface area contributed by atoms with Crippen LogP contribution in [-0.4, -0.2) is 0 Å². The van der Waals surface area contributed by atoms with Crippen molar-refractivity contribution in [1.82, 2.24) is 0 Å². The zero-order valence-electron chi connectivity index (χ0n) is 25.3. The minimum atomic E-state index is 1.23. The summed E-state index contributed by atoms with van der Waals surface area (Å²) in [5.74, 6) is 0. The van der Waals surface area contributed by atoms with E-state index in [1.54, 1.807) is 0 Å². The summed E-state index contributed by atoms with van der Waals surface area (Å²) in [6.45, 7) is 0. The second kappa shape index (κ2) is 10.9. The van der Waals surface area contributed by atoms with Gasteiger partial charge < -0.3 is 0 Å². The lowest BCUT2D eigenvalue weighted by atomic mass is 9.84. The van der Waals surface area contributed by atoms with E-state index in [0.29, 0.717) is 0 Å². The Morgan fingerprint density at radius 2 is 0.696 bits per heavy atom. The van der Waals surface area contributed by atoms with Gasteiger partial charge in [0.15, 0.2) is 0 Å². The molecule has 0 atom stereocenters. The van der Waals surface area contributed by atoms with Gasteiger partial charge in [-0.1, -0.05) is 176 Å². The predicted molar refractivity (Wildman–Crippen MR) is 198 cm³/mol. The molecule has 0 amide bonds. The lowest BCUT2D eigenvalue weighted by Crippen LogP contribution is -1.92. The largest absolute Gasteiger partial charge is 0.0622 e. The number of benzene rings is 9. The van der Waals surface area contributed by atoms with E-state index in [9.17, 15) is 0 Å². The molecule has 0 saturated heterocycles. The molecule has 9 rings (SSSR count). The first kappa shape index (κ1) is 26.4. The van der Waals surface area contributed by atoms with Crippen molar-refractivity contribution in [2.24, 2.45) is 0 Å². The van der Waals surface area contributed by atoms with E-state index in [1.807, 2.05) is 0 Å². The van der Waals surface area contributed by atoms with Gasteiger partial charge in [-0.15, -0.1) is 0 Å². The lowest BCUT2D eigenvalue weighted by molar-refractivity contribution is 1.63. The molecule has 46 heavy (non-hydrogen) atoms. The summed E-state index contributed by atoms with van der Waals surface area (Å²) in [5, 5.41) is 10.1. The van der Waals surface area contributed by atoms with E-state index in [1.165, 1.54) is 87.6 Å². The van der Waals surface area contributed by atoms with Crippen molar-refractivity contribution in [2.75, 3.05) is 0 Å². The summed E-state index contributed by atoms with van der Waals surface area (Å²) in [4.78, 5) is 0. The molecule has 0 aliphatic rings. The Morgan fingerprint density at radius 3 is 1.35 bits per heavy atom. The fraction of sp³-hybridized carbons (Fsp3) is 0. The molecule has 0 N–H and O–H groups in total. The number of rotatable bonds is 4. The minimum Gasteiger partial charge on any atom is -0.0622 e. The van der Waals surface area contributed by atoms with Crippen LogP contribution in [0.3, 0.4) is 0 Å². The summed E-state index contributed by atoms with van der Waals surface area (Å²) >= 11 is 0. The van der Waals surface area contributed by atoms with Crippen LogP contribution in [0.1, 0.15) is 0 Å². The highest BCUT2D eigenvalue weighted by Crippen LogP contribution is 2.46. The fourth-order valence-electron chi connectivity index (χ4n) is 7.42.